The van der Waals surface area contributed by atoms with Gasteiger partial charge in [-0.15, -0.1) is 0 Å². The van der Waals surface area contributed by atoms with Gasteiger partial charge < -0.3 is 15.1 Å². The Balaban J connectivity index is 2.52. The van der Waals surface area contributed by atoms with Gasteiger partial charge in [0.2, 0.25) is 5.28 Å². The highest BCUT2D eigenvalue weighted by Crippen LogP contribution is 2.24. The maximum absolute atomic E-state index is 9.07. The second-order valence-electron chi connectivity index (χ2n) is 3.77. The number of nitrogens with zero attached hydrogens (tertiary/aromatic N) is 3. The number of aliphatic hydroxyl groups excluding tert-OH is 2. The molecule has 5 nitrogen and oxygen atoms in total. The van der Waals surface area contributed by atoms with Gasteiger partial charge in [-0.25, -0.2) is 4.98 Å². The van der Waals surface area contributed by atoms with Crippen LogP contribution in [-0.2, 0) is 0 Å². The number of fused-ring (bicyclic) bond motifs is 1. The van der Waals surface area contributed by atoms with E-state index in [0.717, 1.165) is 10.9 Å². The Bertz CT molecular complexity index is 530. The molecule has 1 heterocycles. The maximum Gasteiger partial charge on any atom is 0.224 e. The van der Waals surface area contributed by atoms with Crippen LogP contribution in [0.15, 0.2) is 24.3 Å². The number of aliphatic hydroxyl groups is 2. The summed E-state index contributed by atoms with van der Waals surface area (Å²) in [6.07, 6.45) is 0. The molecule has 2 N–H and O–H groups in total. The molecule has 18 heavy (non-hydrogen) atoms. The molecular formula is C12H14ClN3O2. The van der Waals surface area contributed by atoms with Crippen molar-refractivity contribution in [2.75, 3.05) is 31.2 Å². The lowest BCUT2D eigenvalue weighted by Gasteiger charge is -2.23. The maximum atomic E-state index is 9.07. The van der Waals surface area contributed by atoms with Gasteiger partial charge in [-0.05, 0) is 23.7 Å². The van der Waals surface area contributed by atoms with Gasteiger partial charge in [-0.1, -0.05) is 12.1 Å². The lowest BCUT2D eigenvalue weighted by molar-refractivity contribution is 0.281. The number of hydrogen-bond acceptors (Lipinski definition) is 5. The Morgan fingerprint density at radius 3 is 2.39 bits per heavy atom. The van der Waals surface area contributed by atoms with Crippen molar-refractivity contribution in [3.63, 3.8) is 0 Å². The Hall–Kier alpha value is -1.43. The molecule has 0 bridgehead atoms. The predicted molar refractivity (Wildman–Crippen MR) is 70.9 cm³/mol. The van der Waals surface area contributed by atoms with E-state index in [1.54, 1.807) is 4.90 Å². The van der Waals surface area contributed by atoms with Crippen molar-refractivity contribution in [1.82, 2.24) is 9.97 Å². The van der Waals surface area contributed by atoms with Crippen molar-refractivity contribution >= 4 is 28.3 Å². The zero-order valence-electron chi connectivity index (χ0n) is 9.75. The van der Waals surface area contributed by atoms with Gasteiger partial charge in [0, 0.05) is 18.5 Å². The first-order valence-electron chi connectivity index (χ1n) is 5.65. The second-order valence-corrected chi connectivity index (χ2v) is 4.11. The smallest absolute Gasteiger partial charge is 0.224 e. The summed E-state index contributed by atoms with van der Waals surface area (Å²) in [6, 6.07) is 7.50. The van der Waals surface area contributed by atoms with E-state index in [-0.39, 0.29) is 18.5 Å². The third-order valence-corrected chi connectivity index (χ3v) is 2.76. The minimum Gasteiger partial charge on any atom is -0.395 e. The molecule has 1 aromatic carbocycles. The van der Waals surface area contributed by atoms with Crippen LogP contribution in [0.4, 0.5) is 5.82 Å². The first-order valence-corrected chi connectivity index (χ1v) is 6.03. The molecule has 0 fully saturated rings. The number of rotatable bonds is 5. The molecule has 0 aliphatic heterocycles. The third-order valence-electron chi connectivity index (χ3n) is 2.60. The van der Waals surface area contributed by atoms with Gasteiger partial charge in [-0.2, -0.15) is 4.98 Å². The molecular weight excluding hydrogens is 254 g/mol. The zero-order chi connectivity index (χ0) is 13.0. The van der Waals surface area contributed by atoms with Crippen molar-refractivity contribution in [3.8, 4) is 0 Å². The van der Waals surface area contributed by atoms with Crippen LogP contribution in [0.5, 0.6) is 0 Å². The summed E-state index contributed by atoms with van der Waals surface area (Å²) in [5, 5.41) is 19.1. The lowest BCUT2D eigenvalue weighted by Crippen LogP contribution is -2.30. The first-order chi connectivity index (χ1) is 8.76. The van der Waals surface area contributed by atoms with Crippen LogP contribution in [-0.4, -0.2) is 46.5 Å². The molecule has 96 valence electrons. The zero-order valence-corrected chi connectivity index (χ0v) is 10.5. The normalized spacial score (nSPS) is 10.8. The number of hydrogen-bond donors (Lipinski definition) is 2. The Kier molecular flexibility index (Phi) is 4.30. The van der Waals surface area contributed by atoms with Crippen LogP contribution in [0.2, 0.25) is 5.28 Å². The Labute approximate surface area is 110 Å². The lowest BCUT2D eigenvalue weighted by atomic mass is 10.2. The van der Waals surface area contributed by atoms with Crippen molar-refractivity contribution in [3.05, 3.63) is 29.5 Å². The fourth-order valence-corrected chi connectivity index (χ4v) is 2.01. The highest BCUT2D eigenvalue weighted by Gasteiger charge is 2.13. The number of benzene rings is 1. The second kappa shape index (κ2) is 5.95. The van der Waals surface area contributed by atoms with Gasteiger partial charge in [0.15, 0.2) is 0 Å². The minimum atomic E-state index is -0.0179. The molecule has 0 unspecified atom stereocenters. The molecule has 2 rings (SSSR count). The molecule has 0 saturated carbocycles. The highest BCUT2D eigenvalue weighted by atomic mass is 35.5. The summed E-state index contributed by atoms with van der Waals surface area (Å²) >= 11 is 5.89. The molecule has 0 amide bonds. The first kappa shape index (κ1) is 13.0. The summed E-state index contributed by atoms with van der Waals surface area (Å²) in [5.41, 5.74) is 0.744. The number of halogens is 1. The Morgan fingerprint density at radius 2 is 1.72 bits per heavy atom. The SMILES string of the molecule is OCCN(CCO)c1nc(Cl)nc2ccccc12. The fourth-order valence-electron chi connectivity index (χ4n) is 1.84. The van der Waals surface area contributed by atoms with E-state index in [0.29, 0.717) is 18.9 Å². The van der Waals surface area contributed by atoms with Crippen LogP contribution in [0, 0.1) is 0 Å². The molecule has 0 spiro atoms. The summed E-state index contributed by atoms with van der Waals surface area (Å²) in [7, 11) is 0. The van der Waals surface area contributed by atoms with Crippen LogP contribution in [0.1, 0.15) is 0 Å². The molecule has 6 heteroatoms. The summed E-state index contributed by atoms with van der Waals surface area (Å²) in [5.74, 6) is 0.633. The predicted octanol–water partition coefficient (Wildman–Crippen LogP) is 1.07. The minimum absolute atomic E-state index is 0.0179. The van der Waals surface area contributed by atoms with E-state index in [9.17, 15) is 0 Å². The van der Waals surface area contributed by atoms with Crippen LogP contribution in [0.25, 0.3) is 10.9 Å². The van der Waals surface area contributed by atoms with Gasteiger partial charge in [-0.3, -0.25) is 0 Å². The van der Waals surface area contributed by atoms with Crippen LogP contribution >= 0.6 is 11.6 Å². The summed E-state index contributed by atoms with van der Waals surface area (Å²) < 4.78 is 0. The number of anilines is 1. The Morgan fingerprint density at radius 1 is 1.06 bits per heavy atom. The standard InChI is InChI=1S/C12H14ClN3O2/c13-12-14-10-4-2-1-3-9(10)11(15-12)16(5-7-17)6-8-18/h1-4,17-18H,5-8H2. The van der Waals surface area contributed by atoms with Crippen molar-refractivity contribution < 1.29 is 10.2 Å². The van der Waals surface area contributed by atoms with E-state index >= 15 is 0 Å². The van der Waals surface area contributed by atoms with Crippen LogP contribution in [0.3, 0.4) is 0 Å². The average molecular weight is 268 g/mol. The van der Waals surface area contributed by atoms with E-state index in [1.165, 1.54) is 0 Å². The molecule has 0 atom stereocenters. The monoisotopic (exact) mass is 267 g/mol. The van der Waals surface area contributed by atoms with Gasteiger partial charge in [0.05, 0.1) is 18.7 Å². The largest absolute Gasteiger partial charge is 0.395 e. The van der Waals surface area contributed by atoms with E-state index in [1.807, 2.05) is 24.3 Å². The number of para-hydroxylation sites is 1. The molecule has 2 aromatic rings. The molecule has 0 radical (unpaired) electrons. The van der Waals surface area contributed by atoms with E-state index in [2.05, 4.69) is 9.97 Å². The highest BCUT2D eigenvalue weighted by molar-refractivity contribution is 6.28. The summed E-state index contributed by atoms with van der Waals surface area (Å²) in [4.78, 5) is 10.1. The van der Waals surface area contributed by atoms with Crippen molar-refractivity contribution in [2.45, 2.75) is 0 Å². The summed E-state index contributed by atoms with van der Waals surface area (Å²) in [6.45, 7) is 0.738. The topological polar surface area (TPSA) is 69.5 Å². The molecule has 0 aliphatic rings. The van der Waals surface area contributed by atoms with Crippen molar-refractivity contribution in [1.29, 1.82) is 0 Å². The van der Waals surface area contributed by atoms with Gasteiger partial charge in [0.1, 0.15) is 5.82 Å². The van der Waals surface area contributed by atoms with Crippen LogP contribution < -0.4 is 4.90 Å². The van der Waals surface area contributed by atoms with E-state index < -0.39 is 0 Å². The van der Waals surface area contributed by atoms with Gasteiger partial charge in [0.25, 0.3) is 0 Å². The van der Waals surface area contributed by atoms with Gasteiger partial charge >= 0.3 is 0 Å². The van der Waals surface area contributed by atoms with E-state index in [4.69, 9.17) is 21.8 Å². The third kappa shape index (κ3) is 2.69. The molecule has 0 saturated heterocycles. The molecule has 1 aromatic heterocycles. The number of aromatic nitrogens is 2. The fraction of sp³-hybridized carbons (Fsp3) is 0.333. The molecule has 0 aliphatic carbocycles. The van der Waals surface area contributed by atoms with Crippen molar-refractivity contribution in [2.24, 2.45) is 0 Å². The quantitative estimate of drug-likeness (QED) is 0.793. The average Bonchev–Trinajstić information content (AvgIpc) is 2.37.